The van der Waals surface area contributed by atoms with Crippen LogP contribution in [0.5, 0.6) is 0 Å². The number of benzene rings is 1. The van der Waals surface area contributed by atoms with Crippen LogP contribution in [0.25, 0.3) is 0 Å². The lowest BCUT2D eigenvalue weighted by Crippen LogP contribution is -2.38. The second-order valence-corrected chi connectivity index (χ2v) is 5.61. The molecule has 4 nitrogen and oxygen atoms in total. The molecule has 0 saturated carbocycles. The lowest BCUT2D eigenvalue weighted by Gasteiger charge is -2.19. The largest absolute Gasteiger partial charge is 0.370 e. The quantitative estimate of drug-likeness (QED) is 0.302. The summed E-state index contributed by atoms with van der Waals surface area (Å²) in [7, 11) is 0. The van der Waals surface area contributed by atoms with Gasteiger partial charge in [-0.1, -0.05) is 30.3 Å². The van der Waals surface area contributed by atoms with Gasteiger partial charge in [-0.05, 0) is 32.8 Å². The summed E-state index contributed by atoms with van der Waals surface area (Å²) in [6, 6.07) is 10.3. The predicted molar refractivity (Wildman–Crippen MR) is 97.8 cm³/mol. The minimum absolute atomic E-state index is 0. The molecule has 0 fully saturated rings. The Morgan fingerprint density at radius 1 is 1.15 bits per heavy atom. The van der Waals surface area contributed by atoms with Gasteiger partial charge in [-0.2, -0.15) is 0 Å². The predicted octanol–water partition coefficient (Wildman–Crippen LogP) is 2.14. The van der Waals surface area contributed by atoms with Crippen LogP contribution >= 0.6 is 24.0 Å². The third kappa shape index (κ3) is 10.0. The molecule has 0 saturated heterocycles. The summed E-state index contributed by atoms with van der Waals surface area (Å²) < 4.78 is 0. The molecular formula is C15H27IN4. The maximum atomic E-state index is 5.80. The molecule has 0 atom stereocenters. The second kappa shape index (κ2) is 9.99. The molecule has 0 unspecified atom stereocenters. The van der Waals surface area contributed by atoms with E-state index in [1.807, 2.05) is 18.2 Å². The Hall–Kier alpha value is -0.820. The van der Waals surface area contributed by atoms with Gasteiger partial charge in [0.25, 0.3) is 0 Å². The highest BCUT2D eigenvalue weighted by atomic mass is 127. The smallest absolute Gasteiger partial charge is 0.188 e. The van der Waals surface area contributed by atoms with E-state index in [1.54, 1.807) is 0 Å². The number of hydrogen-bond acceptors (Lipinski definition) is 2. The van der Waals surface area contributed by atoms with Gasteiger partial charge in [0.15, 0.2) is 5.96 Å². The number of aliphatic imine (C=N–C) groups is 1. The molecule has 0 spiro atoms. The summed E-state index contributed by atoms with van der Waals surface area (Å²) in [5.41, 5.74) is 7.23. The minimum atomic E-state index is 0. The summed E-state index contributed by atoms with van der Waals surface area (Å²) >= 11 is 0. The molecule has 0 aliphatic heterocycles. The molecule has 0 aromatic heterocycles. The maximum absolute atomic E-state index is 5.80. The van der Waals surface area contributed by atoms with E-state index in [9.17, 15) is 0 Å². The zero-order valence-corrected chi connectivity index (χ0v) is 15.0. The lowest BCUT2D eigenvalue weighted by molar-refractivity contribution is 0.432. The summed E-state index contributed by atoms with van der Waals surface area (Å²) in [5, 5.41) is 6.50. The summed E-state index contributed by atoms with van der Waals surface area (Å²) in [4.78, 5) is 4.28. The Balaban J connectivity index is 0.00000361. The van der Waals surface area contributed by atoms with Gasteiger partial charge in [-0.25, -0.2) is 0 Å². The van der Waals surface area contributed by atoms with Crippen LogP contribution < -0.4 is 16.4 Å². The Kier molecular flexibility index (Phi) is 9.58. The standard InChI is InChI=1S/C15H26N4.HI/c1-15(2,3)19-12-11-18-14(16)17-10-9-13-7-5-4-6-8-13;/h4-8,19H,9-12H2,1-3H3,(H3,16,17,18);1H. The highest BCUT2D eigenvalue weighted by Gasteiger charge is 2.06. The van der Waals surface area contributed by atoms with Gasteiger partial charge < -0.3 is 16.4 Å². The second-order valence-electron chi connectivity index (χ2n) is 5.61. The third-order valence-corrected chi connectivity index (χ3v) is 2.61. The molecule has 1 rings (SSSR count). The van der Waals surface area contributed by atoms with Crippen LogP contribution in [0, 0.1) is 0 Å². The van der Waals surface area contributed by atoms with Crippen LogP contribution in [-0.4, -0.2) is 31.1 Å². The van der Waals surface area contributed by atoms with Crippen LogP contribution in [0.15, 0.2) is 35.3 Å². The number of nitrogens with two attached hydrogens (primary N) is 1. The van der Waals surface area contributed by atoms with Gasteiger partial charge >= 0.3 is 0 Å². The minimum Gasteiger partial charge on any atom is -0.370 e. The Bertz CT molecular complexity index is 385. The summed E-state index contributed by atoms with van der Waals surface area (Å²) in [6.07, 6.45) is 0.956. The first kappa shape index (κ1) is 19.2. The van der Waals surface area contributed by atoms with Gasteiger partial charge in [-0.3, -0.25) is 4.99 Å². The van der Waals surface area contributed by atoms with E-state index in [-0.39, 0.29) is 29.5 Å². The molecule has 1 aromatic rings. The van der Waals surface area contributed by atoms with Crippen molar-refractivity contribution in [2.75, 3.05) is 19.6 Å². The molecule has 0 aliphatic rings. The van der Waals surface area contributed by atoms with Gasteiger partial charge in [0.1, 0.15) is 0 Å². The van der Waals surface area contributed by atoms with Gasteiger partial charge in [-0.15, -0.1) is 24.0 Å². The van der Waals surface area contributed by atoms with E-state index >= 15 is 0 Å². The van der Waals surface area contributed by atoms with E-state index in [1.165, 1.54) is 5.56 Å². The molecule has 0 bridgehead atoms. The first-order valence-electron chi connectivity index (χ1n) is 6.80. The molecule has 4 N–H and O–H groups in total. The average molecular weight is 390 g/mol. The maximum Gasteiger partial charge on any atom is 0.188 e. The number of guanidine groups is 1. The Morgan fingerprint density at radius 3 is 2.40 bits per heavy atom. The van der Waals surface area contributed by atoms with Gasteiger partial charge in [0, 0.05) is 18.6 Å². The number of nitrogens with one attached hydrogen (secondary N) is 2. The Labute approximate surface area is 139 Å². The number of rotatable bonds is 6. The highest BCUT2D eigenvalue weighted by molar-refractivity contribution is 14.0. The van der Waals surface area contributed by atoms with Crippen LogP contribution in [0.2, 0.25) is 0 Å². The monoisotopic (exact) mass is 390 g/mol. The zero-order valence-electron chi connectivity index (χ0n) is 12.6. The fraction of sp³-hybridized carbons (Fsp3) is 0.533. The molecule has 0 radical (unpaired) electrons. The number of nitrogens with zero attached hydrogens (tertiary/aromatic N) is 1. The van der Waals surface area contributed by atoms with Crippen molar-refractivity contribution in [1.29, 1.82) is 0 Å². The van der Waals surface area contributed by atoms with E-state index in [0.717, 1.165) is 19.5 Å². The van der Waals surface area contributed by atoms with E-state index in [4.69, 9.17) is 5.73 Å². The van der Waals surface area contributed by atoms with Gasteiger partial charge in [0.05, 0.1) is 6.54 Å². The van der Waals surface area contributed by atoms with Crippen molar-refractivity contribution in [2.45, 2.75) is 32.7 Å². The number of hydrogen-bond donors (Lipinski definition) is 3. The molecule has 0 aliphatic carbocycles. The SMILES string of the molecule is CC(C)(C)NCCN=C(N)NCCc1ccccc1.I. The van der Waals surface area contributed by atoms with Crippen LogP contribution in [0.3, 0.4) is 0 Å². The fourth-order valence-corrected chi connectivity index (χ4v) is 1.64. The van der Waals surface area contributed by atoms with Crippen molar-refractivity contribution in [3.8, 4) is 0 Å². The van der Waals surface area contributed by atoms with Crippen molar-refractivity contribution in [1.82, 2.24) is 10.6 Å². The zero-order chi connectivity index (χ0) is 14.1. The molecule has 0 amide bonds. The third-order valence-electron chi connectivity index (χ3n) is 2.61. The van der Waals surface area contributed by atoms with E-state index in [2.05, 4.69) is 48.5 Å². The molecular weight excluding hydrogens is 363 g/mol. The van der Waals surface area contributed by atoms with Crippen molar-refractivity contribution < 1.29 is 0 Å². The lowest BCUT2D eigenvalue weighted by atomic mass is 10.1. The van der Waals surface area contributed by atoms with Crippen molar-refractivity contribution >= 4 is 29.9 Å². The fourth-order valence-electron chi connectivity index (χ4n) is 1.64. The van der Waals surface area contributed by atoms with Crippen LogP contribution in [0.4, 0.5) is 0 Å². The van der Waals surface area contributed by atoms with Gasteiger partial charge in [0.2, 0.25) is 0 Å². The molecule has 20 heavy (non-hydrogen) atoms. The average Bonchev–Trinajstić information content (AvgIpc) is 2.35. The van der Waals surface area contributed by atoms with Crippen LogP contribution in [-0.2, 0) is 6.42 Å². The first-order chi connectivity index (χ1) is 8.97. The topological polar surface area (TPSA) is 62.4 Å². The molecule has 5 heteroatoms. The van der Waals surface area contributed by atoms with E-state index in [0.29, 0.717) is 12.5 Å². The summed E-state index contributed by atoms with van der Waals surface area (Å²) in [5.74, 6) is 0.520. The normalized spacial score (nSPS) is 11.8. The number of halogens is 1. The Morgan fingerprint density at radius 2 is 1.80 bits per heavy atom. The van der Waals surface area contributed by atoms with Crippen molar-refractivity contribution in [2.24, 2.45) is 10.7 Å². The highest BCUT2D eigenvalue weighted by Crippen LogP contribution is 1.98. The van der Waals surface area contributed by atoms with Crippen molar-refractivity contribution in [3.63, 3.8) is 0 Å². The molecule has 114 valence electrons. The van der Waals surface area contributed by atoms with E-state index < -0.39 is 0 Å². The van der Waals surface area contributed by atoms with Crippen LogP contribution in [0.1, 0.15) is 26.3 Å². The first-order valence-corrected chi connectivity index (χ1v) is 6.80. The summed E-state index contributed by atoms with van der Waals surface area (Å²) in [6.45, 7) is 8.76. The molecule has 1 aromatic carbocycles. The molecule has 0 heterocycles. The van der Waals surface area contributed by atoms with Crippen molar-refractivity contribution in [3.05, 3.63) is 35.9 Å².